The Hall–Kier alpha value is -2.64. The Labute approximate surface area is 173 Å². The average molecular weight is 415 g/mol. The van der Waals surface area contributed by atoms with Crippen LogP contribution in [0.5, 0.6) is 0 Å². The highest BCUT2D eigenvalue weighted by Gasteiger charge is 2.25. The van der Waals surface area contributed by atoms with Crippen molar-refractivity contribution in [2.75, 3.05) is 31.2 Å². The van der Waals surface area contributed by atoms with E-state index >= 15 is 0 Å². The first-order valence-corrected chi connectivity index (χ1v) is 10.0. The fourth-order valence-corrected chi connectivity index (χ4v) is 3.90. The van der Waals surface area contributed by atoms with E-state index in [1.165, 1.54) is 0 Å². The maximum Gasteiger partial charge on any atom is 0.305 e. The molecule has 0 spiro atoms. The van der Waals surface area contributed by atoms with Crippen LogP contribution in [0, 0.1) is 12.8 Å². The van der Waals surface area contributed by atoms with Crippen LogP contribution in [0.4, 0.5) is 5.82 Å². The molecule has 29 heavy (non-hydrogen) atoms. The summed E-state index contributed by atoms with van der Waals surface area (Å²) in [7, 11) is 0. The number of hydrogen-bond acceptors (Lipinski definition) is 5. The van der Waals surface area contributed by atoms with Crippen LogP contribution in [-0.2, 0) is 9.53 Å². The number of carboxylic acid groups (broad SMARTS) is 1. The van der Waals surface area contributed by atoms with Gasteiger partial charge in [-0.2, -0.15) is 0 Å². The second-order valence-corrected chi connectivity index (χ2v) is 7.76. The summed E-state index contributed by atoms with van der Waals surface area (Å²) in [6.45, 7) is 4.48. The molecule has 0 aliphatic carbocycles. The van der Waals surface area contributed by atoms with Crippen molar-refractivity contribution in [1.82, 2.24) is 14.5 Å². The van der Waals surface area contributed by atoms with Gasteiger partial charge in [-0.25, -0.2) is 9.97 Å². The second kappa shape index (κ2) is 8.39. The minimum atomic E-state index is -0.836. The molecular weight excluding hydrogens is 392 g/mol. The molecule has 0 saturated carbocycles. The third-order valence-electron chi connectivity index (χ3n) is 5.28. The molecule has 1 aliphatic heterocycles. The van der Waals surface area contributed by atoms with Gasteiger partial charge in [0.1, 0.15) is 5.82 Å². The highest BCUT2D eigenvalue weighted by molar-refractivity contribution is 6.36. The molecular formula is C21H23ClN4O3. The molecule has 1 fully saturated rings. The summed E-state index contributed by atoms with van der Waals surface area (Å²) in [6.07, 6.45) is 6.45. The first-order chi connectivity index (χ1) is 14.0. The highest BCUT2D eigenvalue weighted by atomic mass is 35.5. The number of carbonyl (C=O) groups is 1. The van der Waals surface area contributed by atoms with E-state index in [1.807, 2.05) is 29.8 Å². The first-order valence-electron chi connectivity index (χ1n) is 9.65. The molecule has 3 aromatic rings. The molecule has 0 radical (unpaired) electrons. The highest BCUT2D eigenvalue weighted by Crippen LogP contribution is 2.33. The Kier molecular flexibility index (Phi) is 5.69. The molecule has 7 nitrogen and oxygen atoms in total. The summed E-state index contributed by atoms with van der Waals surface area (Å²) in [6, 6.07) is 6.13. The van der Waals surface area contributed by atoms with Crippen LogP contribution in [0.15, 0.2) is 36.9 Å². The standard InChI is InChI=1S/C21H23ClN4O3/c1-14-2-3-16-17(26-8-6-23-13-26)10-18(24-21(16)20(14)22)25-7-4-15(11-25)12-29-9-5-19(27)28/h2-3,6,8,10,13,15H,4-5,7,9,11-12H2,1H3,(H,27,28)/t15-/m0/s1. The molecule has 1 saturated heterocycles. The normalized spacial score (nSPS) is 16.6. The van der Waals surface area contributed by atoms with Gasteiger partial charge < -0.3 is 19.3 Å². The second-order valence-electron chi connectivity index (χ2n) is 7.38. The van der Waals surface area contributed by atoms with E-state index in [0.29, 0.717) is 17.5 Å². The van der Waals surface area contributed by atoms with E-state index in [-0.39, 0.29) is 13.0 Å². The molecule has 1 atom stereocenters. The van der Waals surface area contributed by atoms with Gasteiger partial charge in [0.15, 0.2) is 0 Å². The SMILES string of the molecule is Cc1ccc2c(-n3ccnc3)cc(N3CC[C@H](COCCC(=O)O)C3)nc2c1Cl. The third kappa shape index (κ3) is 4.21. The molecule has 0 amide bonds. The van der Waals surface area contributed by atoms with Gasteiger partial charge in [0.05, 0.1) is 42.2 Å². The van der Waals surface area contributed by atoms with Gasteiger partial charge in [-0.05, 0) is 18.9 Å². The molecule has 1 aliphatic rings. The minimum Gasteiger partial charge on any atom is -0.481 e. The van der Waals surface area contributed by atoms with Crippen molar-refractivity contribution in [3.05, 3.63) is 47.5 Å². The number of ether oxygens (including phenoxy) is 1. The molecule has 2 aromatic heterocycles. The van der Waals surface area contributed by atoms with Crippen molar-refractivity contribution in [3.63, 3.8) is 0 Å². The zero-order chi connectivity index (χ0) is 20.4. The van der Waals surface area contributed by atoms with Gasteiger partial charge >= 0.3 is 5.97 Å². The van der Waals surface area contributed by atoms with Gasteiger partial charge in [-0.1, -0.05) is 23.7 Å². The van der Waals surface area contributed by atoms with E-state index in [4.69, 9.17) is 26.4 Å². The van der Waals surface area contributed by atoms with E-state index < -0.39 is 5.97 Å². The lowest BCUT2D eigenvalue weighted by atomic mass is 10.1. The number of rotatable bonds is 7. The number of carboxylic acids is 1. The monoisotopic (exact) mass is 414 g/mol. The Morgan fingerprint density at radius 1 is 1.41 bits per heavy atom. The number of aryl methyl sites for hydroxylation is 1. The number of anilines is 1. The maximum absolute atomic E-state index is 10.6. The molecule has 3 heterocycles. The number of hydrogen-bond donors (Lipinski definition) is 1. The van der Waals surface area contributed by atoms with E-state index in [1.54, 1.807) is 12.5 Å². The van der Waals surface area contributed by atoms with Crippen LogP contribution in [0.25, 0.3) is 16.6 Å². The van der Waals surface area contributed by atoms with Crippen LogP contribution in [0.1, 0.15) is 18.4 Å². The summed E-state index contributed by atoms with van der Waals surface area (Å²) >= 11 is 6.60. The summed E-state index contributed by atoms with van der Waals surface area (Å²) in [4.78, 5) is 21.9. The van der Waals surface area contributed by atoms with Crippen molar-refractivity contribution in [2.24, 2.45) is 5.92 Å². The number of fused-ring (bicyclic) bond motifs is 1. The van der Waals surface area contributed by atoms with Crippen molar-refractivity contribution in [2.45, 2.75) is 19.8 Å². The average Bonchev–Trinajstić information content (AvgIpc) is 3.39. The summed E-state index contributed by atoms with van der Waals surface area (Å²) in [5.74, 6) is 0.394. The Morgan fingerprint density at radius 3 is 3.03 bits per heavy atom. The molecule has 8 heteroatoms. The van der Waals surface area contributed by atoms with Gasteiger partial charge in [-0.3, -0.25) is 4.79 Å². The summed E-state index contributed by atoms with van der Waals surface area (Å²) in [5.41, 5.74) is 2.77. The van der Waals surface area contributed by atoms with Crippen LogP contribution in [0.3, 0.4) is 0 Å². The van der Waals surface area contributed by atoms with Gasteiger partial charge in [0.2, 0.25) is 0 Å². The minimum absolute atomic E-state index is 0.0365. The smallest absolute Gasteiger partial charge is 0.305 e. The predicted octanol–water partition coefficient (Wildman–Crippen LogP) is 3.70. The van der Waals surface area contributed by atoms with Crippen molar-refractivity contribution in [1.29, 1.82) is 0 Å². The number of aliphatic carboxylic acids is 1. The summed E-state index contributed by atoms with van der Waals surface area (Å²) < 4.78 is 7.51. The number of imidazole rings is 1. The number of pyridine rings is 1. The third-order valence-corrected chi connectivity index (χ3v) is 5.76. The first kappa shape index (κ1) is 19.7. The lowest BCUT2D eigenvalue weighted by Gasteiger charge is -2.20. The largest absolute Gasteiger partial charge is 0.481 e. The quantitative estimate of drug-likeness (QED) is 0.594. The van der Waals surface area contributed by atoms with Crippen molar-refractivity contribution >= 4 is 34.3 Å². The molecule has 1 N–H and O–H groups in total. The maximum atomic E-state index is 10.6. The Balaban J connectivity index is 1.59. The molecule has 0 bridgehead atoms. The number of halogens is 1. The molecule has 1 aromatic carbocycles. The van der Waals surface area contributed by atoms with Crippen LogP contribution >= 0.6 is 11.6 Å². The Morgan fingerprint density at radius 2 is 2.28 bits per heavy atom. The zero-order valence-electron chi connectivity index (χ0n) is 16.2. The predicted molar refractivity (Wildman–Crippen MR) is 112 cm³/mol. The number of nitrogens with zero attached hydrogens (tertiary/aromatic N) is 4. The van der Waals surface area contributed by atoms with Crippen molar-refractivity contribution < 1.29 is 14.6 Å². The van der Waals surface area contributed by atoms with Gasteiger partial charge in [-0.15, -0.1) is 0 Å². The van der Waals surface area contributed by atoms with Gasteiger partial charge in [0, 0.05) is 42.9 Å². The molecule has 4 rings (SSSR count). The van der Waals surface area contributed by atoms with Crippen LogP contribution in [-0.4, -0.2) is 51.9 Å². The van der Waals surface area contributed by atoms with Gasteiger partial charge in [0.25, 0.3) is 0 Å². The lowest BCUT2D eigenvalue weighted by molar-refractivity contribution is -0.138. The summed E-state index contributed by atoms with van der Waals surface area (Å²) in [5, 5.41) is 10.4. The molecule has 152 valence electrons. The Bertz CT molecular complexity index is 1020. The number of benzene rings is 1. The van der Waals surface area contributed by atoms with Crippen molar-refractivity contribution in [3.8, 4) is 5.69 Å². The lowest BCUT2D eigenvalue weighted by Crippen LogP contribution is -2.22. The molecule has 0 unspecified atom stereocenters. The number of aromatic nitrogens is 3. The van der Waals surface area contributed by atoms with E-state index in [0.717, 1.165) is 47.5 Å². The fourth-order valence-electron chi connectivity index (χ4n) is 3.69. The van der Waals surface area contributed by atoms with E-state index in [9.17, 15) is 4.79 Å². The fraction of sp³-hybridized carbons (Fsp3) is 0.381. The zero-order valence-corrected chi connectivity index (χ0v) is 17.0. The van der Waals surface area contributed by atoms with E-state index in [2.05, 4.69) is 16.0 Å². The van der Waals surface area contributed by atoms with Crippen LogP contribution < -0.4 is 4.90 Å². The topological polar surface area (TPSA) is 80.5 Å². The van der Waals surface area contributed by atoms with Crippen LogP contribution in [0.2, 0.25) is 5.02 Å².